The predicted molar refractivity (Wildman–Crippen MR) is 78.0 cm³/mol. The van der Waals surface area contributed by atoms with E-state index in [1.54, 1.807) is 0 Å². The lowest BCUT2D eigenvalue weighted by molar-refractivity contribution is 0.479. The highest BCUT2D eigenvalue weighted by atomic mass is 15.0. The maximum Gasteiger partial charge on any atom is 0.0955 e. The topological polar surface area (TPSA) is 55.9 Å². The highest BCUT2D eigenvalue weighted by molar-refractivity contribution is 5.75. The summed E-state index contributed by atoms with van der Waals surface area (Å²) >= 11 is 0. The zero-order valence-corrected chi connectivity index (χ0v) is 11.5. The first-order valence-electron chi connectivity index (χ1n) is 7.13. The minimum atomic E-state index is 0.346. The second-order valence-corrected chi connectivity index (χ2v) is 5.58. The molecule has 0 spiro atoms. The molecule has 3 N–H and O–H groups in total. The number of hydrogen-bond donors (Lipinski definition) is 2. The fourth-order valence-electron chi connectivity index (χ4n) is 2.98. The zero-order valence-electron chi connectivity index (χ0n) is 11.5. The van der Waals surface area contributed by atoms with Crippen molar-refractivity contribution in [2.45, 2.75) is 37.8 Å². The molecule has 0 saturated heterocycles. The Hall–Kier alpha value is -1.39. The van der Waals surface area contributed by atoms with Gasteiger partial charge in [0.25, 0.3) is 0 Å². The van der Waals surface area contributed by atoms with Crippen molar-refractivity contribution in [2.75, 3.05) is 6.54 Å². The molecule has 1 fully saturated rings. The van der Waals surface area contributed by atoms with Crippen molar-refractivity contribution in [3.8, 4) is 0 Å². The SMILES string of the molecule is Cn1cnc2cc(CCNC3CCCC3N)ccc21. The predicted octanol–water partition coefficient (Wildman–Crippen LogP) is 1.59. The van der Waals surface area contributed by atoms with Crippen molar-refractivity contribution >= 4 is 11.0 Å². The van der Waals surface area contributed by atoms with E-state index in [1.165, 1.54) is 23.9 Å². The van der Waals surface area contributed by atoms with Crippen molar-refractivity contribution in [3.05, 3.63) is 30.1 Å². The third-order valence-corrected chi connectivity index (χ3v) is 4.18. The number of rotatable bonds is 4. The highest BCUT2D eigenvalue weighted by Crippen LogP contribution is 2.17. The molecule has 102 valence electrons. The summed E-state index contributed by atoms with van der Waals surface area (Å²) in [5, 5.41) is 3.58. The van der Waals surface area contributed by atoms with Crippen LogP contribution in [-0.2, 0) is 13.5 Å². The van der Waals surface area contributed by atoms with Crippen molar-refractivity contribution < 1.29 is 0 Å². The van der Waals surface area contributed by atoms with E-state index in [9.17, 15) is 0 Å². The third kappa shape index (κ3) is 2.65. The normalized spacial score (nSPS) is 23.3. The summed E-state index contributed by atoms with van der Waals surface area (Å²) in [7, 11) is 2.03. The maximum absolute atomic E-state index is 6.06. The lowest BCUT2D eigenvalue weighted by atomic mass is 10.1. The van der Waals surface area contributed by atoms with E-state index in [0.717, 1.165) is 24.9 Å². The molecule has 1 aromatic carbocycles. The Morgan fingerprint density at radius 2 is 2.32 bits per heavy atom. The van der Waals surface area contributed by atoms with Crippen LogP contribution < -0.4 is 11.1 Å². The summed E-state index contributed by atoms with van der Waals surface area (Å²) in [4.78, 5) is 4.40. The molecular weight excluding hydrogens is 236 g/mol. The Balaban J connectivity index is 1.59. The van der Waals surface area contributed by atoms with Gasteiger partial charge >= 0.3 is 0 Å². The van der Waals surface area contributed by atoms with Gasteiger partial charge in [0.15, 0.2) is 0 Å². The van der Waals surface area contributed by atoms with Crippen molar-refractivity contribution in [1.82, 2.24) is 14.9 Å². The molecule has 0 aliphatic heterocycles. The smallest absolute Gasteiger partial charge is 0.0955 e. The maximum atomic E-state index is 6.06. The molecule has 0 amide bonds. The summed E-state index contributed by atoms with van der Waals surface area (Å²) in [5.41, 5.74) is 9.67. The van der Waals surface area contributed by atoms with E-state index in [2.05, 4.69) is 33.1 Å². The van der Waals surface area contributed by atoms with Crippen molar-refractivity contribution in [3.63, 3.8) is 0 Å². The van der Waals surface area contributed by atoms with Gasteiger partial charge in [0.2, 0.25) is 0 Å². The standard InChI is InChI=1S/C15H22N4/c1-19-10-18-14-9-11(5-6-15(14)19)7-8-17-13-4-2-3-12(13)16/h5-6,9-10,12-13,17H,2-4,7-8,16H2,1H3. The first kappa shape index (κ1) is 12.6. The van der Waals surface area contributed by atoms with Gasteiger partial charge in [-0.15, -0.1) is 0 Å². The number of nitrogens with two attached hydrogens (primary N) is 1. The van der Waals surface area contributed by atoms with Crippen LogP contribution in [0.1, 0.15) is 24.8 Å². The van der Waals surface area contributed by atoms with Crippen LogP contribution in [0, 0.1) is 0 Å². The average Bonchev–Trinajstić information content (AvgIpc) is 2.97. The molecule has 0 bridgehead atoms. The Bertz CT molecular complexity index is 560. The molecule has 3 rings (SSSR count). The second-order valence-electron chi connectivity index (χ2n) is 5.58. The third-order valence-electron chi connectivity index (χ3n) is 4.18. The molecule has 4 heteroatoms. The van der Waals surface area contributed by atoms with Crippen LogP contribution in [0.4, 0.5) is 0 Å². The number of imidazole rings is 1. The fraction of sp³-hybridized carbons (Fsp3) is 0.533. The van der Waals surface area contributed by atoms with Crippen LogP contribution in [0.15, 0.2) is 24.5 Å². The molecule has 19 heavy (non-hydrogen) atoms. The largest absolute Gasteiger partial charge is 0.334 e. The van der Waals surface area contributed by atoms with Gasteiger partial charge in [-0.05, 0) is 43.5 Å². The van der Waals surface area contributed by atoms with E-state index >= 15 is 0 Å². The van der Waals surface area contributed by atoms with Gasteiger partial charge < -0.3 is 15.6 Å². The van der Waals surface area contributed by atoms with Gasteiger partial charge in [-0.3, -0.25) is 0 Å². The van der Waals surface area contributed by atoms with E-state index in [1.807, 2.05) is 13.4 Å². The summed E-state index contributed by atoms with van der Waals surface area (Å²) in [6.45, 7) is 0.997. The minimum Gasteiger partial charge on any atom is -0.334 e. The van der Waals surface area contributed by atoms with Gasteiger partial charge in [0.05, 0.1) is 17.4 Å². The molecule has 2 aromatic rings. The number of benzene rings is 1. The average molecular weight is 258 g/mol. The van der Waals surface area contributed by atoms with Crippen molar-refractivity contribution in [1.29, 1.82) is 0 Å². The molecular formula is C15H22N4. The minimum absolute atomic E-state index is 0.346. The summed E-state index contributed by atoms with van der Waals surface area (Å²) in [6.07, 6.45) is 6.55. The molecule has 1 heterocycles. The fourth-order valence-corrected chi connectivity index (χ4v) is 2.98. The molecule has 2 atom stereocenters. The molecule has 4 nitrogen and oxygen atoms in total. The Morgan fingerprint density at radius 1 is 1.42 bits per heavy atom. The zero-order chi connectivity index (χ0) is 13.2. The lowest BCUT2D eigenvalue weighted by Gasteiger charge is -2.17. The van der Waals surface area contributed by atoms with Gasteiger partial charge in [-0.2, -0.15) is 0 Å². The lowest BCUT2D eigenvalue weighted by Crippen LogP contribution is -2.41. The number of nitrogens with one attached hydrogen (secondary N) is 1. The number of hydrogen-bond acceptors (Lipinski definition) is 3. The van der Waals surface area contributed by atoms with Crippen LogP contribution in [-0.4, -0.2) is 28.2 Å². The van der Waals surface area contributed by atoms with Gasteiger partial charge in [-0.25, -0.2) is 4.98 Å². The van der Waals surface area contributed by atoms with Crippen molar-refractivity contribution in [2.24, 2.45) is 12.8 Å². The van der Waals surface area contributed by atoms with E-state index in [0.29, 0.717) is 12.1 Å². The molecule has 0 radical (unpaired) electrons. The highest BCUT2D eigenvalue weighted by Gasteiger charge is 2.22. The molecule has 1 aliphatic rings. The van der Waals surface area contributed by atoms with Gasteiger partial charge in [-0.1, -0.05) is 12.5 Å². The summed E-state index contributed by atoms with van der Waals surface area (Å²) in [6, 6.07) is 7.39. The number of nitrogens with zero attached hydrogens (tertiary/aromatic N) is 2. The van der Waals surface area contributed by atoms with Crippen LogP contribution >= 0.6 is 0 Å². The Labute approximate surface area is 114 Å². The number of aromatic nitrogens is 2. The first-order valence-corrected chi connectivity index (χ1v) is 7.13. The number of fused-ring (bicyclic) bond motifs is 1. The van der Waals surface area contributed by atoms with E-state index < -0.39 is 0 Å². The Morgan fingerprint density at radius 3 is 3.11 bits per heavy atom. The summed E-state index contributed by atoms with van der Waals surface area (Å²) < 4.78 is 2.05. The van der Waals surface area contributed by atoms with E-state index in [-0.39, 0.29) is 0 Å². The molecule has 1 saturated carbocycles. The van der Waals surface area contributed by atoms with Crippen LogP contribution in [0.25, 0.3) is 11.0 Å². The second kappa shape index (κ2) is 5.31. The molecule has 1 aliphatic carbocycles. The monoisotopic (exact) mass is 258 g/mol. The van der Waals surface area contributed by atoms with Crippen LogP contribution in [0.3, 0.4) is 0 Å². The van der Waals surface area contributed by atoms with Crippen LogP contribution in [0.5, 0.6) is 0 Å². The van der Waals surface area contributed by atoms with Crippen LogP contribution in [0.2, 0.25) is 0 Å². The Kier molecular flexibility index (Phi) is 3.53. The molecule has 2 unspecified atom stereocenters. The van der Waals surface area contributed by atoms with E-state index in [4.69, 9.17) is 5.73 Å². The molecule has 1 aromatic heterocycles. The summed E-state index contributed by atoms with van der Waals surface area (Å²) in [5.74, 6) is 0. The quantitative estimate of drug-likeness (QED) is 0.875. The number of aryl methyl sites for hydroxylation is 1. The first-order chi connectivity index (χ1) is 9.24. The van der Waals surface area contributed by atoms with Gasteiger partial charge in [0, 0.05) is 19.1 Å². The van der Waals surface area contributed by atoms with Gasteiger partial charge in [0.1, 0.15) is 0 Å².